The predicted molar refractivity (Wildman–Crippen MR) is 122 cm³/mol. The van der Waals surface area contributed by atoms with Crippen molar-refractivity contribution in [2.45, 2.75) is 33.3 Å². The number of rotatable bonds is 10. The average molecular weight is 523 g/mol. The molecule has 0 amide bonds. The maximum atomic E-state index is 12.4. The van der Waals surface area contributed by atoms with E-state index in [4.69, 9.17) is 4.74 Å². The van der Waals surface area contributed by atoms with Crippen molar-refractivity contribution in [2.24, 2.45) is 4.99 Å². The summed E-state index contributed by atoms with van der Waals surface area (Å²) in [4.78, 5) is 6.81. The molecule has 7 nitrogen and oxygen atoms in total. The fraction of sp³-hybridized carbons (Fsp3) is 0.938. The summed E-state index contributed by atoms with van der Waals surface area (Å²) < 4.78 is 31.7. The van der Waals surface area contributed by atoms with E-state index in [2.05, 4.69) is 21.5 Å². The molecule has 0 aromatic carbocycles. The first kappa shape index (κ1) is 26.2. The van der Waals surface area contributed by atoms with E-state index >= 15 is 0 Å². The lowest BCUT2D eigenvalue weighted by Crippen LogP contribution is -2.54. The highest BCUT2D eigenvalue weighted by molar-refractivity contribution is 14.0. The Morgan fingerprint density at radius 2 is 1.92 bits per heavy atom. The Labute approximate surface area is 180 Å². The van der Waals surface area contributed by atoms with Crippen LogP contribution in [0.3, 0.4) is 0 Å². The van der Waals surface area contributed by atoms with Gasteiger partial charge in [-0.3, -0.25) is 4.99 Å². The number of thioether (sulfide) groups is 1. The van der Waals surface area contributed by atoms with Gasteiger partial charge in [0.1, 0.15) is 0 Å². The van der Waals surface area contributed by atoms with Gasteiger partial charge in [-0.15, -0.1) is 24.0 Å². The Hall–Kier alpha value is 0.220. The average Bonchev–Trinajstić information content (AvgIpc) is 2.57. The first-order chi connectivity index (χ1) is 11.9. The molecule has 0 atom stereocenters. The Kier molecular flexibility index (Phi) is 14.4. The van der Waals surface area contributed by atoms with Crippen LogP contribution in [0.2, 0.25) is 0 Å². The van der Waals surface area contributed by atoms with Crippen molar-refractivity contribution in [3.8, 4) is 0 Å². The smallest absolute Gasteiger partial charge is 0.216 e. The van der Waals surface area contributed by atoms with Crippen molar-refractivity contribution < 1.29 is 13.2 Å². The number of halogens is 1. The molecular weight excluding hydrogens is 487 g/mol. The van der Waals surface area contributed by atoms with Crippen LogP contribution in [0.25, 0.3) is 0 Å². The molecule has 0 aromatic rings. The number of hydrogen-bond acceptors (Lipinski definition) is 5. The van der Waals surface area contributed by atoms with Gasteiger partial charge in [0.2, 0.25) is 10.0 Å². The van der Waals surface area contributed by atoms with Gasteiger partial charge >= 0.3 is 0 Å². The van der Waals surface area contributed by atoms with Gasteiger partial charge in [-0.05, 0) is 39.2 Å². The highest BCUT2D eigenvalue weighted by Gasteiger charge is 2.27. The van der Waals surface area contributed by atoms with Crippen molar-refractivity contribution in [2.75, 3.05) is 63.6 Å². The Balaban J connectivity index is 0.00000625. The molecule has 1 N–H and O–H groups in total. The maximum Gasteiger partial charge on any atom is 0.216 e. The molecule has 0 aromatic heterocycles. The number of nitrogens with one attached hydrogen (secondary N) is 1. The minimum Gasteiger partial charge on any atom is -0.378 e. The van der Waals surface area contributed by atoms with Gasteiger partial charge < -0.3 is 15.0 Å². The predicted octanol–water partition coefficient (Wildman–Crippen LogP) is 1.70. The normalized spacial score (nSPS) is 16.7. The van der Waals surface area contributed by atoms with Crippen LogP contribution in [0.4, 0.5) is 0 Å². The summed E-state index contributed by atoms with van der Waals surface area (Å²) in [6.45, 7) is 10.1. The van der Waals surface area contributed by atoms with Gasteiger partial charge in [0, 0.05) is 39.3 Å². The minimum absolute atomic E-state index is 0. The summed E-state index contributed by atoms with van der Waals surface area (Å²) in [5.41, 5.74) is 0. The molecule has 1 aliphatic heterocycles. The molecule has 1 saturated heterocycles. The van der Waals surface area contributed by atoms with Gasteiger partial charge in [-0.25, -0.2) is 8.42 Å². The van der Waals surface area contributed by atoms with Crippen LogP contribution in [0.1, 0.15) is 27.2 Å². The van der Waals surface area contributed by atoms with E-state index in [1.54, 1.807) is 4.31 Å². The third-order valence-corrected chi connectivity index (χ3v) is 6.36. The molecule has 0 spiro atoms. The fourth-order valence-electron chi connectivity index (χ4n) is 2.52. The van der Waals surface area contributed by atoms with Crippen LogP contribution in [0.15, 0.2) is 4.99 Å². The van der Waals surface area contributed by atoms with Gasteiger partial charge in [0.05, 0.1) is 18.5 Å². The number of piperazine rings is 1. The van der Waals surface area contributed by atoms with E-state index in [9.17, 15) is 8.42 Å². The van der Waals surface area contributed by atoms with Crippen molar-refractivity contribution >= 4 is 51.7 Å². The Bertz CT molecular complexity index is 496. The molecule has 0 unspecified atom stereocenters. The Morgan fingerprint density at radius 1 is 1.27 bits per heavy atom. The molecule has 156 valence electrons. The van der Waals surface area contributed by atoms with Crippen LogP contribution in [-0.4, -0.2) is 93.3 Å². The number of aliphatic imine (C=N–C) groups is 1. The van der Waals surface area contributed by atoms with E-state index in [0.717, 1.165) is 31.2 Å². The van der Waals surface area contributed by atoms with Gasteiger partial charge in [-0.2, -0.15) is 16.1 Å². The third kappa shape index (κ3) is 9.95. The highest BCUT2D eigenvalue weighted by Crippen LogP contribution is 2.09. The summed E-state index contributed by atoms with van der Waals surface area (Å²) in [7, 11) is -3.25. The first-order valence-electron chi connectivity index (χ1n) is 9.02. The monoisotopic (exact) mass is 522 g/mol. The molecule has 0 aliphatic carbocycles. The van der Waals surface area contributed by atoms with Crippen molar-refractivity contribution in [1.82, 2.24) is 14.5 Å². The molecule has 1 rings (SSSR count). The van der Waals surface area contributed by atoms with Gasteiger partial charge in [0.25, 0.3) is 0 Å². The van der Waals surface area contributed by atoms with E-state index in [1.807, 2.05) is 32.5 Å². The highest BCUT2D eigenvalue weighted by atomic mass is 127. The molecule has 26 heavy (non-hydrogen) atoms. The molecule has 0 bridgehead atoms. The lowest BCUT2D eigenvalue weighted by atomic mass is 10.4. The molecule has 1 heterocycles. The Morgan fingerprint density at radius 3 is 2.46 bits per heavy atom. The summed E-state index contributed by atoms with van der Waals surface area (Å²) in [6, 6.07) is 0. The molecule has 1 fully saturated rings. The number of hydrogen-bond donors (Lipinski definition) is 1. The van der Waals surface area contributed by atoms with E-state index in [-0.39, 0.29) is 42.4 Å². The molecule has 0 saturated carbocycles. The maximum absolute atomic E-state index is 12.4. The van der Waals surface area contributed by atoms with Gasteiger partial charge in [0.15, 0.2) is 5.96 Å². The van der Waals surface area contributed by atoms with Crippen LogP contribution in [0.5, 0.6) is 0 Å². The van der Waals surface area contributed by atoms with E-state index < -0.39 is 10.0 Å². The summed E-state index contributed by atoms with van der Waals surface area (Å²) in [5.74, 6) is 2.05. The van der Waals surface area contributed by atoms with Gasteiger partial charge in [-0.1, -0.05) is 0 Å². The van der Waals surface area contributed by atoms with E-state index in [1.165, 1.54) is 0 Å². The van der Waals surface area contributed by atoms with Crippen molar-refractivity contribution in [1.29, 1.82) is 0 Å². The second-order valence-electron chi connectivity index (χ2n) is 6.20. The number of guanidine groups is 1. The fourth-order valence-corrected chi connectivity index (χ4v) is 4.22. The molecule has 10 heteroatoms. The zero-order valence-electron chi connectivity index (χ0n) is 16.4. The van der Waals surface area contributed by atoms with Crippen LogP contribution < -0.4 is 5.32 Å². The lowest BCUT2D eigenvalue weighted by Gasteiger charge is -2.36. The van der Waals surface area contributed by atoms with Crippen LogP contribution >= 0.6 is 35.7 Å². The van der Waals surface area contributed by atoms with E-state index in [0.29, 0.717) is 26.2 Å². The second kappa shape index (κ2) is 14.3. The third-order valence-electron chi connectivity index (χ3n) is 3.83. The lowest BCUT2D eigenvalue weighted by molar-refractivity contribution is 0.0904. The van der Waals surface area contributed by atoms with Crippen LogP contribution in [0, 0.1) is 0 Å². The summed E-state index contributed by atoms with van der Waals surface area (Å²) in [5, 5.41) is 3.31. The summed E-state index contributed by atoms with van der Waals surface area (Å²) in [6.07, 6.45) is 3.21. The number of ether oxygens (including phenoxy) is 1. The number of nitrogens with zero attached hydrogens (tertiary/aromatic N) is 3. The second-order valence-corrected chi connectivity index (χ2v) is 9.28. The molecule has 0 radical (unpaired) electrons. The van der Waals surface area contributed by atoms with Crippen LogP contribution in [-0.2, 0) is 14.8 Å². The van der Waals surface area contributed by atoms with Crippen molar-refractivity contribution in [3.63, 3.8) is 0 Å². The quantitative estimate of drug-likeness (QED) is 0.204. The zero-order chi connectivity index (χ0) is 18.7. The topological polar surface area (TPSA) is 74.2 Å². The zero-order valence-corrected chi connectivity index (χ0v) is 20.4. The molecule has 1 aliphatic rings. The standard InChI is InChI=1S/C16H34N4O3S2.HI/c1-5-17-16(18-7-6-13-24-4)19-8-10-20(11-9-19)25(21,22)14-12-23-15(2)3;/h15H,5-14H2,1-4H3,(H,17,18);1H. The number of sulfonamides is 1. The van der Waals surface area contributed by atoms with Crippen molar-refractivity contribution in [3.05, 3.63) is 0 Å². The molecular formula is C16H35IN4O3S2. The SMILES string of the molecule is CCNC(=NCCCSC)N1CCN(S(=O)(=O)CCOC(C)C)CC1.I. The summed E-state index contributed by atoms with van der Waals surface area (Å²) >= 11 is 1.83. The minimum atomic E-state index is -3.25. The first-order valence-corrected chi connectivity index (χ1v) is 12.0. The largest absolute Gasteiger partial charge is 0.378 e.